The summed E-state index contributed by atoms with van der Waals surface area (Å²) in [5, 5.41) is 0. The predicted octanol–water partition coefficient (Wildman–Crippen LogP) is 1.65. The van der Waals surface area contributed by atoms with Crippen LogP contribution in [-0.2, 0) is 10.3 Å². The molecule has 0 N–H and O–H groups in total. The number of benzene rings is 2. The van der Waals surface area contributed by atoms with E-state index in [0.717, 1.165) is 12.8 Å². The second-order valence-electron chi connectivity index (χ2n) is 6.47. The van der Waals surface area contributed by atoms with Crippen molar-refractivity contribution in [1.82, 2.24) is 4.90 Å². The van der Waals surface area contributed by atoms with Gasteiger partial charge in [0.15, 0.2) is 7.28 Å². The van der Waals surface area contributed by atoms with Gasteiger partial charge < -0.3 is 0 Å². The van der Waals surface area contributed by atoms with E-state index >= 15 is 0 Å². The van der Waals surface area contributed by atoms with Crippen LogP contribution in [0.4, 0.5) is 0 Å². The van der Waals surface area contributed by atoms with Crippen LogP contribution in [0, 0.1) is 0 Å². The van der Waals surface area contributed by atoms with Crippen LogP contribution in [0.25, 0.3) is 0 Å². The maximum absolute atomic E-state index is 12.8. The zero-order chi connectivity index (χ0) is 16.9. The Hall–Kier alpha value is -2.69. The van der Waals surface area contributed by atoms with Gasteiger partial charge in [0.1, 0.15) is 5.78 Å². The fourth-order valence-electron chi connectivity index (χ4n) is 3.72. The number of fused-ring (bicyclic) bond motifs is 1. The van der Waals surface area contributed by atoms with Gasteiger partial charge in [0.2, 0.25) is 0 Å². The van der Waals surface area contributed by atoms with Crippen molar-refractivity contribution < 1.29 is 14.4 Å². The molecule has 0 spiro atoms. The lowest BCUT2D eigenvalue weighted by Gasteiger charge is -2.46. The van der Waals surface area contributed by atoms with E-state index in [1.807, 2.05) is 24.3 Å². The molecule has 118 valence electrons. The fraction of sp³-hybridized carbons (Fsp3) is 0.211. The number of amides is 2. The molecular formula is C19H16BNO3. The van der Waals surface area contributed by atoms with E-state index in [0.29, 0.717) is 11.1 Å². The molecule has 5 heteroatoms. The second-order valence-corrected chi connectivity index (χ2v) is 6.47. The van der Waals surface area contributed by atoms with Crippen molar-refractivity contribution in [2.45, 2.75) is 25.2 Å². The minimum atomic E-state index is -0.837. The van der Waals surface area contributed by atoms with Gasteiger partial charge in [-0.05, 0) is 17.7 Å². The highest BCUT2D eigenvalue weighted by atomic mass is 16.2. The topological polar surface area (TPSA) is 54.5 Å². The Balaban J connectivity index is 1.81. The predicted molar refractivity (Wildman–Crippen MR) is 92.0 cm³/mol. The summed E-state index contributed by atoms with van der Waals surface area (Å²) in [6, 6.07) is 14.7. The molecule has 4 rings (SSSR count). The monoisotopic (exact) mass is 317 g/mol. The molecule has 0 bridgehead atoms. The number of ketones is 1. The second kappa shape index (κ2) is 5.16. The molecule has 4 nitrogen and oxygen atoms in total. The van der Waals surface area contributed by atoms with Crippen molar-refractivity contribution in [3.05, 3.63) is 65.2 Å². The van der Waals surface area contributed by atoms with Crippen molar-refractivity contribution in [3.8, 4) is 0 Å². The minimum Gasteiger partial charge on any atom is -0.299 e. The number of carbonyl (C=O) groups is 3. The van der Waals surface area contributed by atoms with Gasteiger partial charge >= 0.3 is 0 Å². The van der Waals surface area contributed by atoms with Gasteiger partial charge in [-0.1, -0.05) is 48.7 Å². The maximum Gasteiger partial charge on any atom is 0.262 e. The van der Waals surface area contributed by atoms with Crippen LogP contribution < -0.4 is 5.46 Å². The molecule has 0 unspecified atom stereocenters. The summed E-state index contributed by atoms with van der Waals surface area (Å²) in [6.45, 7) is 2.07. The van der Waals surface area contributed by atoms with Gasteiger partial charge in [-0.2, -0.15) is 0 Å². The standard InChI is InChI=1S/C19H16BNO3/c1-20-13-8-6-12(7-9-13)19(10-14(22)11-19)21-17(23)15-4-2-3-5-16(15)18(21)24/h2-9,20H,10-11H2,1H3. The molecule has 0 radical (unpaired) electrons. The van der Waals surface area contributed by atoms with Gasteiger partial charge in [0.05, 0.1) is 16.7 Å². The highest BCUT2D eigenvalue weighted by Crippen LogP contribution is 2.47. The quantitative estimate of drug-likeness (QED) is 0.639. The van der Waals surface area contributed by atoms with Gasteiger partial charge in [-0.15, -0.1) is 0 Å². The third-order valence-corrected chi connectivity index (χ3v) is 5.10. The zero-order valence-corrected chi connectivity index (χ0v) is 13.4. The Labute approximate surface area is 140 Å². The van der Waals surface area contributed by atoms with Gasteiger partial charge in [0.25, 0.3) is 11.8 Å². The van der Waals surface area contributed by atoms with Crippen LogP contribution in [0.1, 0.15) is 39.1 Å². The van der Waals surface area contributed by atoms with Gasteiger partial charge in [-0.3, -0.25) is 19.3 Å². The first-order valence-corrected chi connectivity index (χ1v) is 8.16. The molecular weight excluding hydrogens is 301 g/mol. The molecule has 2 aliphatic rings. The van der Waals surface area contributed by atoms with Crippen molar-refractivity contribution in [2.75, 3.05) is 0 Å². The lowest BCUT2D eigenvalue weighted by Crippen LogP contribution is -2.57. The van der Waals surface area contributed by atoms with Crippen LogP contribution in [0.2, 0.25) is 6.82 Å². The molecule has 0 aromatic heterocycles. The number of imide groups is 1. The Morgan fingerprint density at radius 3 is 1.88 bits per heavy atom. The summed E-state index contributed by atoms with van der Waals surface area (Å²) in [4.78, 5) is 38.8. The summed E-state index contributed by atoms with van der Waals surface area (Å²) in [5.41, 5.74) is 2.05. The average molecular weight is 317 g/mol. The summed E-state index contributed by atoms with van der Waals surface area (Å²) in [7, 11) is 0.916. The van der Waals surface area contributed by atoms with E-state index in [1.54, 1.807) is 24.3 Å². The van der Waals surface area contributed by atoms with Crippen molar-refractivity contribution in [2.24, 2.45) is 0 Å². The highest BCUT2D eigenvalue weighted by Gasteiger charge is 2.56. The molecule has 2 aromatic rings. The SMILES string of the molecule is CBc1ccc(C2(N3C(=O)c4ccccc4C3=O)CC(=O)C2)cc1. The number of nitrogens with zero attached hydrogens (tertiary/aromatic N) is 1. The number of carbonyl (C=O) groups excluding carboxylic acids is 3. The van der Waals surface area contributed by atoms with E-state index in [9.17, 15) is 14.4 Å². The van der Waals surface area contributed by atoms with Gasteiger partial charge in [0, 0.05) is 12.8 Å². The molecule has 1 aliphatic carbocycles. The highest BCUT2D eigenvalue weighted by molar-refractivity contribution is 6.51. The third-order valence-electron chi connectivity index (χ3n) is 5.10. The largest absolute Gasteiger partial charge is 0.299 e. The van der Waals surface area contributed by atoms with E-state index in [-0.39, 0.29) is 30.4 Å². The first kappa shape index (κ1) is 14.9. The Kier molecular flexibility index (Phi) is 3.20. The van der Waals surface area contributed by atoms with E-state index in [2.05, 4.69) is 6.82 Å². The molecule has 1 aliphatic heterocycles. The van der Waals surface area contributed by atoms with Crippen LogP contribution >= 0.6 is 0 Å². The molecule has 1 saturated carbocycles. The number of hydrogen-bond acceptors (Lipinski definition) is 3. The zero-order valence-electron chi connectivity index (χ0n) is 13.4. The fourth-order valence-corrected chi connectivity index (χ4v) is 3.72. The molecule has 2 amide bonds. The van der Waals surface area contributed by atoms with Crippen LogP contribution in [-0.4, -0.2) is 29.8 Å². The van der Waals surface area contributed by atoms with Crippen molar-refractivity contribution >= 4 is 30.3 Å². The van der Waals surface area contributed by atoms with Gasteiger partial charge in [-0.25, -0.2) is 0 Å². The Morgan fingerprint density at radius 1 is 0.875 bits per heavy atom. The molecule has 24 heavy (non-hydrogen) atoms. The number of rotatable bonds is 3. The third kappa shape index (κ3) is 1.91. The smallest absolute Gasteiger partial charge is 0.262 e. The average Bonchev–Trinajstić information content (AvgIpc) is 2.84. The number of hydrogen-bond donors (Lipinski definition) is 0. The van der Waals surface area contributed by atoms with Crippen LogP contribution in [0.15, 0.2) is 48.5 Å². The summed E-state index contributed by atoms with van der Waals surface area (Å²) in [6.07, 6.45) is 0.397. The lowest BCUT2D eigenvalue weighted by atomic mass is 9.67. The summed E-state index contributed by atoms with van der Waals surface area (Å²) >= 11 is 0. The van der Waals surface area contributed by atoms with E-state index in [4.69, 9.17) is 0 Å². The molecule has 2 aromatic carbocycles. The summed E-state index contributed by atoms with van der Waals surface area (Å²) < 4.78 is 0. The first-order chi connectivity index (χ1) is 11.6. The van der Waals surface area contributed by atoms with E-state index < -0.39 is 5.54 Å². The van der Waals surface area contributed by atoms with E-state index in [1.165, 1.54) is 10.4 Å². The molecule has 0 saturated heterocycles. The Morgan fingerprint density at radius 2 is 1.42 bits per heavy atom. The lowest BCUT2D eigenvalue weighted by molar-refractivity contribution is -0.132. The molecule has 1 heterocycles. The normalized spacial score (nSPS) is 18.4. The van der Waals surface area contributed by atoms with Crippen LogP contribution in [0.3, 0.4) is 0 Å². The maximum atomic E-state index is 12.8. The first-order valence-electron chi connectivity index (χ1n) is 8.16. The van der Waals surface area contributed by atoms with Crippen molar-refractivity contribution in [3.63, 3.8) is 0 Å². The molecule has 0 atom stereocenters. The van der Waals surface area contributed by atoms with Crippen LogP contribution in [0.5, 0.6) is 0 Å². The Bertz CT molecular complexity index is 829. The number of Topliss-reactive ketones (excluding diaryl/α,β-unsaturated/α-hetero) is 1. The summed E-state index contributed by atoms with van der Waals surface area (Å²) in [5.74, 6) is -0.531. The molecule has 1 fully saturated rings. The van der Waals surface area contributed by atoms with Crippen molar-refractivity contribution in [1.29, 1.82) is 0 Å². The minimum absolute atomic E-state index is 0.0751.